The molecule has 0 saturated carbocycles. The van der Waals surface area contributed by atoms with Gasteiger partial charge in [0.15, 0.2) is 0 Å². The largest absolute Gasteiger partial charge is 0.480 e. The fraction of sp³-hybridized carbons (Fsp3) is 0.545. The van der Waals surface area contributed by atoms with Crippen LogP contribution < -0.4 is 26.6 Å². The maximum absolute atomic E-state index is 13.8. The molecule has 27 nitrogen and oxygen atoms in total. The molecule has 6 amide bonds. The molecule has 3 heterocycles. The summed E-state index contributed by atoms with van der Waals surface area (Å²) in [6.45, 7) is -3.68. The van der Waals surface area contributed by atoms with Crippen molar-refractivity contribution in [3.63, 3.8) is 0 Å². The van der Waals surface area contributed by atoms with Crippen molar-refractivity contribution in [1.29, 1.82) is 5.26 Å². The second kappa shape index (κ2) is 28.5. The van der Waals surface area contributed by atoms with E-state index in [4.69, 9.17) is 10.00 Å². The number of hydrogen-bond donors (Lipinski definition) is 9. The maximum Gasteiger partial charge on any atom is 0.321 e. The number of hydrogen-bond acceptors (Lipinski definition) is 17. The molecule has 2 saturated heterocycles. The van der Waals surface area contributed by atoms with E-state index < -0.39 is 116 Å². The van der Waals surface area contributed by atoms with E-state index in [1.165, 1.54) is 44.0 Å². The fourth-order valence-corrected chi connectivity index (χ4v) is 7.83. The number of carboxylic acids is 4. The Morgan fingerprint density at radius 1 is 0.740 bits per heavy atom. The minimum Gasteiger partial charge on any atom is -0.480 e. The first-order valence-corrected chi connectivity index (χ1v) is 22.8. The van der Waals surface area contributed by atoms with Crippen LogP contribution in [0.3, 0.4) is 0 Å². The van der Waals surface area contributed by atoms with E-state index in [-0.39, 0.29) is 115 Å². The number of nitrogens with one attached hydrogen (secondary N) is 5. The summed E-state index contributed by atoms with van der Waals surface area (Å²) in [4.78, 5) is 133. The van der Waals surface area contributed by atoms with E-state index in [2.05, 4.69) is 31.6 Å². The predicted molar refractivity (Wildman–Crippen MR) is 247 cm³/mol. The predicted octanol–water partition coefficient (Wildman–Crippen LogP) is -2.22. The highest BCUT2D eigenvalue weighted by Gasteiger charge is 2.47. The van der Waals surface area contributed by atoms with Gasteiger partial charge in [-0.3, -0.25) is 72.5 Å². The number of ether oxygens (including phenoxy) is 1. The average molecular weight is 1030 g/mol. The zero-order chi connectivity index (χ0) is 53.7. The van der Waals surface area contributed by atoms with Gasteiger partial charge < -0.3 is 56.6 Å². The minimum atomic E-state index is -3.22. The lowest BCUT2D eigenvalue weighted by atomic mass is 10.1. The van der Waals surface area contributed by atoms with Crippen molar-refractivity contribution in [1.82, 2.24) is 50.8 Å². The molecule has 0 bridgehead atoms. The zero-order valence-electron chi connectivity index (χ0n) is 39.6. The monoisotopic (exact) mass is 1030 g/mol. The number of benzene rings is 1. The highest BCUT2D eigenvalue weighted by molar-refractivity contribution is 6.10. The van der Waals surface area contributed by atoms with Gasteiger partial charge in [0.2, 0.25) is 29.5 Å². The van der Waals surface area contributed by atoms with Gasteiger partial charge in [0.25, 0.3) is 11.8 Å². The first-order chi connectivity index (χ1) is 34.6. The van der Waals surface area contributed by atoms with Gasteiger partial charge in [-0.15, -0.1) is 0 Å². The Hall–Kier alpha value is -7.52. The number of alkyl halides is 2. The van der Waals surface area contributed by atoms with Gasteiger partial charge >= 0.3 is 23.9 Å². The number of carbonyl (C=O) groups is 10. The quantitative estimate of drug-likeness (QED) is 0.0428. The molecule has 0 aliphatic carbocycles. The lowest BCUT2D eigenvalue weighted by Crippen LogP contribution is -2.53. The van der Waals surface area contributed by atoms with Crippen molar-refractivity contribution in [2.75, 3.05) is 104 Å². The van der Waals surface area contributed by atoms with Crippen LogP contribution in [0.2, 0.25) is 0 Å². The minimum absolute atomic E-state index is 0.00329. The van der Waals surface area contributed by atoms with Crippen LogP contribution in [0.25, 0.3) is 10.9 Å². The van der Waals surface area contributed by atoms with Crippen LogP contribution in [0.4, 0.5) is 14.5 Å². The molecule has 1 aromatic heterocycles. The number of likely N-dealkylation sites (tertiary alicyclic amines) is 1. The van der Waals surface area contributed by atoms with Gasteiger partial charge in [0.1, 0.15) is 12.1 Å². The smallest absolute Gasteiger partial charge is 0.321 e. The number of anilines is 1. The molecule has 2 aliphatic heterocycles. The molecule has 1 aromatic carbocycles. The van der Waals surface area contributed by atoms with Crippen molar-refractivity contribution in [2.24, 2.45) is 0 Å². The number of carboxylic acid groups (broad SMARTS) is 4. The summed E-state index contributed by atoms with van der Waals surface area (Å²) in [6.07, 6.45) is -0.544. The van der Waals surface area contributed by atoms with Gasteiger partial charge in [0.05, 0.1) is 88.8 Å². The number of fused-ring (bicyclic) bond motifs is 1. The van der Waals surface area contributed by atoms with Gasteiger partial charge in [-0.1, -0.05) is 12.1 Å². The van der Waals surface area contributed by atoms with E-state index in [1.807, 2.05) is 0 Å². The van der Waals surface area contributed by atoms with Crippen LogP contribution in [0.5, 0.6) is 0 Å². The Labute approximate surface area is 415 Å². The second-order valence-electron chi connectivity index (χ2n) is 17.0. The molecule has 0 radical (unpaired) electrons. The van der Waals surface area contributed by atoms with Crippen molar-refractivity contribution in [3.8, 4) is 6.07 Å². The summed E-state index contributed by atoms with van der Waals surface area (Å²) >= 11 is 0. The number of aliphatic carboxylic acids is 4. The molecular weight excluding hydrogens is 975 g/mol. The van der Waals surface area contributed by atoms with Gasteiger partial charge in [-0.2, -0.15) is 5.26 Å². The number of pyridine rings is 1. The molecule has 2 aromatic rings. The van der Waals surface area contributed by atoms with Crippen molar-refractivity contribution in [2.45, 2.75) is 56.5 Å². The summed E-state index contributed by atoms with van der Waals surface area (Å²) in [5.41, 5.74) is 0.507. The third-order valence-electron chi connectivity index (χ3n) is 11.2. The van der Waals surface area contributed by atoms with Crippen molar-refractivity contribution in [3.05, 3.63) is 36.0 Å². The fourth-order valence-electron chi connectivity index (χ4n) is 7.83. The highest BCUT2D eigenvalue weighted by atomic mass is 19.3. The molecule has 398 valence electrons. The molecule has 1 unspecified atom stereocenters. The van der Waals surface area contributed by atoms with Crippen LogP contribution in [-0.2, 0) is 47.9 Å². The van der Waals surface area contributed by atoms with E-state index >= 15 is 0 Å². The SMILES string of the molecule is N#C[C@@H]1CC(F)(F)CN1C(=O)CNC(=O)c1ccnc2c(NC(=O)CCC(=O)NCCNC(=O)CCOCCNC(=O)CCC(C(=O)O)N3CN(CC(=O)O)CCN(CC(=O)O)CN(CC(=O)O)C3)cccc12. The third kappa shape index (κ3) is 19.9. The number of nitriles is 1. The maximum atomic E-state index is 13.8. The van der Waals surface area contributed by atoms with Gasteiger partial charge in [-0.25, -0.2) is 8.78 Å². The summed E-state index contributed by atoms with van der Waals surface area (Å²) in [7, 11) is 0. The number of amides is 6. The Morgan fingerprint density at radius 2 is 1.33 bits per heavy atom. The van der Waals surface area contributed by atoms with Crippen LogP contribution in [0.15, 0.2) is 30.5 Å². The van der Waals surface area contributed by atoms with Crippen LogP contribution in [-0.4, -0.2) is 226 Å². The Morgan fingerprint density at radius 3 is 1.97 bits per heavy atom. The number of aromatic nitrogens is 1. The first-order valence-electron chi connectivity index (χ1n) is 22.8. The molecule has 4 rings (SSSR count). The third-order valence-corrected chi connectivity index (χ3v) is 11.2. The van der Waals surface area contributed by atoms with Crippen molar-refractivity contribution >= 4 is 75.9 Å². The van der Waals surface area contributed by atoms with Gasteiger partial charge in [0, 0.05) is 76.4 Å². The lowest BCUT2D eigenvalue weighted by molar-refractivity contribution is -0.147. The highest BCUT2D eigenvalue weighted by Crippen LogP contribution is 2.32. The Bertz CT molecular complexity index is 2390. The average Bonchev–Trinajstić information content (AvgIpc) is 3.67. The van der Waals surface area contributed by atoms with E-state index in [0.717, 1.165) is 4.90 Å². The topological polar surface area (TPSA) is 374 Å². The molecule has 9 N–H and O–H groups in total. The van der Waals surface area contributed by atoms with Crippen LogP contribution in [0, 0.1) is 11.3 Å². The Kier molecular flexibility index (Phi) is 22.7. The van der Waals surface area contributed by atoms with E-state index in [9.17, 15) is 77.2 Å². The summed E-state index contributed by atoms with van der Waals surface area (Å²) in [6, 6.07) is 4.96. The molecule has 0 spiro atoms. The van der Waals surface area contributed by atoms with E-state index in [1.54, 1.807) is 12.1 Å². The number of halogens is 2. The molecule has 2 aliphatic rings. The van der Waals surface area contributed by atoms with Gasteiger partial charge in [-0.05, 0) is 18.6 Å². The molecule has 2 fully saturated rings. The summed E-state index contributed by atoms with van der Waals surface area (Å²) < 4.78 is 33.0. The standard InChI is InChI=1S/C44H58F2N12O15/c45-44(46)18-28(19-47)58(24-44)37(63)20-52-42(70)30-8-10-51-41-29(30)2-1-3-31(41)53-36(62)7-6-34(60)48-11-12-49-35(61)9-16-73-17-13-50-33(59)5-4-32(43(71)72)57-26-55(22-39(66)67)15-14-54(21-38(64)65)25-56(27-57)23-40(68)69/h1-3,8,10,28,32H,4-7,9,11-18,20-27H2,(H,48,60)(H,49,61)(H,50,59)(H,52,70)(H,53,62)(H,64,65)(H,66,67)(H,68,69)(H,71,72)/t28-,32?/m0/s1. The number of rotatable bonds is 27. The Balaban J connectivity index is 1.11. The normalized spacial score (nSPS) is 16.9. The molecular formula is C44H58F2N12O15. The number of nitrogens with zero attached hydrogens (tertiary/aromatic N) is 7. The first kappa shape index (κ1) is 58.1. The molecule has 73 heavy (non-hydrogen) atoms. The van der Waals surface area contributed by atoms with Crippen LogP contribution >= 0.6 is 0 Å². The van der Waals surface area contributed by atoms with Crippen molar-refractivity contribution < 1.29 is 81.9 Å². The molecule has 2 atom stereocenters. The second-order valence-corrected chi connectivity index (χ2v) is 17.0. The van der Waals surface area contributed by atoms with E-state index in [0.29, 0.717) is 5.39 Å². The number of para-hydroxylation sites is 1. The zero-order valence-corrected chi connectivity index (χ0v) is 39.6. The molecule has 29 heteroatoms. The van der Waals surface area contributed by atoms with Crippen LogP contribution in [0.1, 0.15) is 48.9 Å². The summed E-state index contributed by atoms with van der Waals surface area (Å²) in [5, 5.41) is 60.6. The number of carbonyl (C=O) groups excluding carboxylic acids is 6. The lowest BCUT2D eigenvalue weighted by Gasteiger charge is -2.35. The summed E-state index contributed by atoms with van der Waals surface area (Å²) in [5.74, 6) is -11.8.